The molecule has 3 nitrogen and oxygen atoms in total. The highest BCUT2D eigenvalue weighted by Crippen LogP contribution is 2.27. The first-order chi connectivity index (χ1) is 11.2. The van der Waals surface area contributed by atoms with Crippen LogP contribution in [0.5, 0.6) is 5.75 Å². The second kappa shape index (κ2) is 7.80. The number of benzene rings is 1. The molecule has 0 amide bonds. The maximum Gasteiger partial charge on any atom is 0.137 e. The lowest BCUT2D eigenvalue weighted by Crippen LogP contribution is -2.15. The van der Waals surface area contributed by atoms with Gasteiger partial charge in [-0.3, -0.25) is 5.10 Å². The van der Waals surface area contributed by atoms with Gasteiger partial charge in [-0.2, -0.15) is 5.10 Å². The van der Waals surface area contributed by atoms with Crippen molar-refractivity contribution in [3.8, 4) is 5.75 Å². The predicted octanol–water partition coefficient (Wildman–Crippen LogP) is 5.47. The molecule has 2 saturated carbocycles. The highest BCUT2D eigenvalue weighted by molar-refractivity contribution is 5.80. The number of hydrogen-bond acceptors (Lipinski definition) is 2. The van der Waals surface area contributed by atoms with Crippen molar-refractivity contribution in [1.29, 1.82) is 0 Å². The standard InChI is InChI=1S/C14H17FN2O.C5H10/c15-13-6-11(7-14-12(13)8-16-17-14)18-9-10-4-2-1-3-5-10;1-5-3-2-4-5/h6-8,10H,1-5,9H2,(H,16,17);5H,2-4H2,1H3. The minimum Gasteiger partial charge on any atom is -0.493 e. The van der Waals surface area contributed by atoms with Crippen molar-refractivity contribution in [2.75, 3.05) is 6.61 Å². The Bertz CT molecular complexity index is 615. The number of rotatable bonds is 3. The molecule has 0 bridgehead atoms. The third-order valence-electron chi connectivity index (χ3n) is 5.09. The molecule has 1 aromatic heterocycles. The zero-order valence-corrected chi connectivity index (χ0v) is 14.0. The average Bonchev–Trinajstić information content (AvgIpc) is 3.02. The topological polar surface area (TPSA) is 37.9 Å². The number of hydrogen-bond donors (Lipinski definition) is 1. The van der Waals surface area contributed by atoms with Crippen LogP contribution in [-0.2, 0) is 0 Å². The van der Waals surface area contributed by atoms with Gasteiger partial charge < -0.3 is 4.74 Å². The maximum atomic E-state index is 13.7. The summed E-state index contributed by atoms with van der Waals surface area (Å²) >= 11 is 0. The van der Waals surface area contributed by atoms with Crippen molar-refractivity contribution in [1.82, 2.24) is 10.2 Å². The number of nitrogens with zero attached hydrogens (tertiary/aromatic N) is 1. The molecule has 1 aromatic carbocycles. The normalized spacial score (nSPS) is 19.0. The molecule has 4 heteroatoms. The largest absolute Gasteiger partial charge is 0.493 e. The monoisotopic (exact) mass is 318 g/mol. The Morgan fingerprint density at radius 3 is 2.52 bits per heavy atom. The average molecular weight is 318 g/mol. The van der Waals surface area contributed by atoms with Crippen molar-refractivity contribution in [3.05, 3.63) is 24.1 Å². The fraction of sp³-hybridized carbons (Fsp3) is 0.632. The van der Waals surface area contributed by atoms with Crippen LogP contribution in [0, 0.1) is 17.7 Å². The summed E-state index contributed by atoms with van der Waals surface area (Å²) in [5.74, 6) is 2.00. The first kappa shape index (κ1) is 16.3. The summed E-state index contributed by atoms with van der Waals surface area (Å²) in [5, 5.41) is 7.12. The molecule has 126 valence electrons. The van der Waals surface area contributed by atoms with Crippen LogP contribution in [0.3, 0.4) is 0 Å². The summed E-state index contributed by atoms with van der Waals surface area (Å²) in [7, 11) is 0. The Hall–Kier alpha value is -1.58. The molecule has 0 aliphatic heterocycles. The van der Waals surface area contributed by atoms with E-state index in [0.29, 0.717) is 29.2 Å². The number of ether oxygens (including phenoxy) is 1. The third kappa shape index (κ3) is 4.46. The third-order valence-corrected chi connectivity index (χ3v) is 5.09. The van der Waals surface area contributed by atoms with E-state index in [1.807, 2.05) is 6.07 Å². The quantitative estimate of drug-likeness (QED) is 0.815. The molecule has 0 spiro atoms. The Morgan fingerprint density at radius 2 is 1.87 bits per heavy atom. The number of H-pyrrole nitrogens is 1. The molecule has 2 aliphatic rings. The van der Waals surface area contributed by atoms with Gasteiger partial charge in [-0.25, -0.2) is 4.39 Å². The van der Waals surface area contributed by atoms with Crippen molar-refractivity contribution < 1.29 is 9.13 Å². The van der Waals surface area contributed by atoms with Crippen LogP contribution >= 0.6 is 0 Å². The molecule has 2 aliphatic carbocycles. The Kier molecular flexibility index (Phi) is 5.52. The van der Waals surface area contributed by atoms with Crippen molar-refractivity contribution >= 4 is 10.9 Å². The van der Waals surface area contributed by atoms with Crippen LogP contribution in [0.4, 0.5) is 4.39 Å². The van der Waals surface area contributed by atoms with E-state index in [9.17, 15) is 4.39 Å². The summed E-state index contributed by atoms with van der Waals surface area (Å²) in [4.78, 5) is 0. The smallest absolute Gasteiger partial charge is 0.137 e. The zero-order valence-electron chi connectivity index (χ0n) is 14.0. The summed E-state index contributed by atoms with van der Waals surface area (Å²) in [5.41, 5.74) is 0.689. The molecule has 4 rings (SSSR count). The van der Waals surface area contributed by atoms with Gasteiger partial charge in [0.25, 0.3) is 0 Å². The van der Waals surface area contributed by atoms with Crippen LogP contribution in [0.25, 0.3) is 10.9 Å². The molecule has 0 saturated heterocycles. The summed E-state index contributed by atoms with van der Waals surface area (Å²) in [6.07, 6.45) is 12.3. The van der Waals surface area contributed by atoms with E-state index in [4.69, 9.17) is 4.74 Å². The lowest BCUT2D eigenvalue weighted by atomic mass is 9.88. The highest BCUT2D eigenvalue weighted by Gasteiger charge is 2.14. The van der Waals surface area contributed by atoms with Crippen molar-refractivity contribution in [2.45, 2.75) is 58.3 Å². The molecule has 23 heavy (non-hydrogen) atoms. The molecular formula is C19H27FN2O. The van der Waals surface area contributed by atoms with Gasteiger partial charge in [-0.1, -0.05) is 45.4 Å². The van der Waals surface area contributed by atoms with Crippen molar-refractivity contribution in [2.24, 2.45) is 11.8 Å². The number of fused-ring (bicyclic) bond motifs is 1. The molecule has 2 aromatic rings. The van der Waals surface area contributed by atoms with Crippen LogP contribution in [0.15, 0.2) is 18.3 Å². The number of halogens is 1. The molecule has 2 fully saturated rings. The summed E-state index contributed by atoms with van der Waals surface area (Å²) in [6, 6.07) is 3.26. The van der Waals surface area contributed by atoms with E-state index in [-0.39, 0.29) is 5.82 Å². The van der Waals surface area contributed by atoms with Gasteiger partial charge in [0.1, 0.15) is 11.6 Å². The maximum absolute atomic E-state index is 13.7. The molecule has 0 atom stereocenters. The second-order valence-electron chi connectivity index (χ2n) is 7.09. The molecule has 1 N–H and O–H groups in total. The fourth-order valence-electron chi connectivity index (χ4n) is 3.25. The summed E-state index contributed by atoms with van der Waals surface area (Å²) < 4.78 is 19.4. The molecule has 1 heterocycles. The van der Waals surface area contributed by atoms with Gasteiger partial charge in [0, 0.05) is 12.1 Å². The SMILES string of the molecule is CC1CCC1.Fc1cc(OCC2CCCCC2)cc2[nH]ncc12. The first-order valence-corrected chi connectivity index (χ1v) is 8.98. The first-order valence-electron chi connectivity index (χ1n) is 8.98. The lowest BCUT2D eigenvalue weighted by molar-refractivity contribution is 0.208. The molecular weight excluding hydrogens is 291 g/mol. The Morgan fingerprint density at radius 1 is 1.13 bits per heavy atom. The van der Waals surface area contributed by atoms with Gasteiger partial charge in [0.2, 0.25) is 0 Å². The molecule has 0 unspecified atom stereocenters. The van der Waals surface area contributed by atoms with Gasteiger partial charge in [0.05, 0.1) is 23.7 Å². The zero-order chi connectivity index (χ0) is 16.1. The van der Waals surface area contributed by atoms with Crippen LogP contribution < -0.4 is 4.74 Å². The highest BCUT2D eigenvalue weighted by atomic mass is 19.1. The van der Waals surface area contributed by atoms with E-state index in [1.54, 1.807) is 0 Å². The number of nitrogens with one attached hydrogen (secondary N) is 1. The second-order valence-corrected chi connectivity index (χ2v) is 7.09. The van der Waals surface area contributed by atoms with Gasteiger partial charge >= 0.3 is 0 Å². The number of aromatic nitrogens is 2. The predicted molar refractivity (Wildman–Crippen MR) is 91.1 cm³/mol. The van der Waals surface area contributed by atoms with E-state index in [2.05, 4.69) is 17.1 Å². The van der Waals surface area contributed by atoms with Gasteiger partial charge in [-0.05, 0) is 24.7 Å². The fourth-order valence-corrected chi connectivity index (χ4v) is 3.25. The van der Waals surface area contributed by atoms with Crippen molar-refractivity contribution in [3.63, 3.8) is 0 Å². The van der Waals surface area contributed by atoms with E-state index < -0.39 is 0 Å². The lowest BCUT2D eigenvalue weighted by Gasteiger charge is -2.21. The Labute approximate surface area is 137 Å². The van der Waals surface area contributed by atoms with Crippen LogP contribution in [0.1, 0.15) is 58.3 Å². The van der Waals surface area contributed by atoms with E-state index >= 15 is 0 Å². The van der Waals surface area contributed by atoms with Gasteiger partial charge in [0.15, 0.2) is 0 Å². The van der Waals surface area contributed by atoms with Gasteiger partial charge in [-0.15, -0.1) is 0 Å². The van der Waals surface area contributed by atoms with Crippen LogP contribution in [-0.4, -0.2) is 16.8 Å². The minimum absolute atomic E-state index is 0.278. The molecule has 0 radical (unpaired) electrons. The number of aromatic amines is 1. The minimum atomic E-state index is -0.278. The summed E-state index contributed by atoms with van der Waals surface area (Å²) in [6.45, 7) is 3.00. The van der Waals surface area contributed by atoms with E-state index in [0.717, 1.165) is 5.92 Å². The van der Waals surface area contributed by atoms with E-state index in [1.165, 1.54) is 63.6 Å². The Balaban J connectivity index is 0.000000267. The van der Waals surface area contributed by atoms with Crippen LogP contribution in [0.2, 0.25) is 0 Å².